The summed E-state index contributed by atoms with van der Waals surface area (Å²) in [6.07, 6.45) is -13.1. The summed E-state index contributed by atoms with van der Waals surface area (Å²) in [6.45, 7) is 2.05. The van der Waals surface area contributed by atoms with Crippen LogP contribution in [0.25, 0.3) is 0 Å². The standard InChI is InChI=1S/C13H12F10O4/c1-5(2)6(24)26-11(13(21,22)23)10(16,17)7(3,25)9(14,15)8(4,27-11)12(18,19)20/h25H,1H2,2-4H3. The Balaban J connectivity index is 3.97. The smallest absolute Gasteiger partial charge is 0.414 e. The van der Waals surface area contributed by atoms with E-state index in [1.165, 1.54) is 0 Å². The number of hydrogen-bond acceptors (Lipinski definition) is 4. The maximum atomic E-state index is 14.4. The Morgan fingerprint density at radius 1 is 0.963 bits per heavy atom. The molecule has 1 N–H and O–H groups in total. The van der Waals surface area contributed by atoms with Crippen molar-refractivity contribution in [2.45, 2.75) is 62.0 Å². The number of carbonyl (C=O) groups excluding carboxylic acids is 1. The summed E-state index contributed by atoms with van der Waals surface area (Å²) < 4.78 is 143. The number of hydrogen-bond donors (Lipinski definition) is 1. The third-order valence-electron chi connectivity index (χ3n) is 4.08. The average Bonchev–Trinajstić information content (AvgIpc) is 2.41. The number of carbonyl (C=O) groups is 1. The van der Waals surface area contributed by atoms with Gasteiger partial charge in [0.05, 0.1) is 0 Å². The number of esters is 1. The average molecular weight is 422 g/mol. The lowest BCUT2D eigenvalue weighted by Crippen LogP contribution is -2.86. The van der Waals surface area contributed by atoms with Crippen molar-refractivity contribution in [1.29, 1.82) is 0 Å². The molecule has 0 spiro atoms. The Morgan fingerprint density at radius 2 is 1.37 bits per heavy atom. The summed E-state index contributed by atoms with van der Waals surface area (Å²) in [4.78, 5) is 11.4. The predicted molar refractivity (Wildman–Crippen MR) is 65.8 cm³/mol. The maximum Gasteiger partial charge on any atom is 0.462 e. The van der Waals surface area contributed by atoms with Crippen molar-refractivity contribution >= 4 is 5.97 Å². The van der Waals surface area contributed by atoms with Crippen molar-refractivity contribution in [2.75, 3.05) is 0 Å². The first-order valence-electron chi connectivity index (χ1n) is 6.74. The van der Waals surface area contributed by atoms with E-state index in [0.717, 1.165) is 0 Å². The van der Waals surface area contributed by atoms with Gasteiger partial charge in [-0.3, -0.25) is 0 Å². The topological polar surface area (TPSA) is 55.8 Å². The summed E-state index contributed by atoms with van der Waals surface area (Å²) in [5.74, 6) is -20.5. The molecule has 27 heavy (non-hydrogen) atoms. The van der Waals surface area contributed by atoms with E-state index in [9.17, 15) is 53.8 Å². The molecule has 0 radical (unpaired) electrons. The fraction of sp³-hybridized carbons (Fsp3) is 0.769. The normalized spacial score (nSPS) is 36.2. The monoisotopic (exact) mass is 422 g/mol. The molecule has 0 saturated carbocycles. The van der Waals surface area contributed by atoms with Gasteiger partial charge >= 0.3 is 36.0 Å². The van der Waals surface area contributed by atoms with Gasteiger partial charge in [-0.15, -0.1) is 0 Å². The maximum absolute atomic E-state index is 14.4. The molecule has 0 aromatic carbocycles. The Morgan fingerprint density at radius 3 is 1.67 bits per heavy atom. The third kappa shape index (κ3) is 2.70. The SMILES string of the molecule is C=C(C)C(=O)OC1(C(F)(F)F)OC(C)(C(F)(F)F)C(F)(F)C(C)(O)C1(F)F. The van der Waals surface area contributed by atoms with Gasteiger partial charge in [0.15, 0.2) is 5.60 Å². The van der Waals surface area contributed by atoms with Crippen LogP contribution in [0.15, 0.2) is 12.2 Å². The van der Waals surface area contributed by atoms with E-state index in [2.05, 4.69) is 16.1 Å². The van der Waals surface area contributed by atoms with Gasteiger partial charge in [0, 0.05) is 5.57 Å². The van der Waals surface area contributed by atoms with E-state index in [4.69, 9.17) is 0 Å². The molecule has 1 aliphatic heterocycles. The van der Waals surface area contributed by atoms with Gasteiger partial charge in [-0.1, -0.05) is 6.58 Å². The van der Waals surface area contributed by atoms with Crippen LogP contribution in [0.4, 0.5) is 43.9 Å². The lowest BCUT2D eigenvalue weighted by molar-refractivity contribution is -0.551. The lowest BCUT2D eigenvalue weighted by atomic mass is 9.73. The first-order valence-corrected chi connectivity index (χ1v) is 6.74. The molecule has 1 saturated heterocycles. The van der Waals surface area contributed by atoms with Crippen molar-refractivity contribution in [1.82, 2.24) is 0 Å². The van der Waals surface area contributed by atoms with Crippen molar-refractivity contribution in [3.05, 3.63) is 12.2 Å². The second-order valence-corrected chi connectivity index (χ2v) is 6.14. The van der Waals surface area contributed by atoms with E-state index in [1.807, 2.05) is 0 Å². The zero-order valence-electron chi connectivity index (χ0n) is 13.7. The van der Waals surface area contributed by atoms with Gasteiger partial charge in [0.1, 0.15) is 0 Å². The van der Waals surface area contributed by atoms with Gasteiger partial charge < -0.3 is 14.6 Å². The number of rotatable bonds is 2. The van der Waals surface area contributed by atoms with Crippen LogP contribution in [0, 0.1) is 0 Å². The number of ether oxygens (including phenoxy) is 2. The first-order chi connectivity index (χ1) is 11.5. The zero-order chi connectivity index (χ0) is 22.1. The fourth-order valence-corrected chi connectivity index (χ4v) is 2.23. The molecule has 3 unspecified atom stereocenters. The lowest BCUT2D eigenvalue weighted by Gasteiger charge is -2.58. The Hall–Kier alpha value is -1.57. The first kappa shape index (κ1) is 23.5. The molecule has 1 heterocycles. The van der Waals surface area contributed by atoms with E-state index in [1.54, 1.807) is 0 Å². The van der Waals surface area contributed by atoms with Crippen LogP contribution < -0.4 is 0 Å². The van der Waals surface area contributed by atoms with Crippen LogP contribution >= 0.6 is 0 Å². The van der Waals surface area contributed by atoms with Crippen LogP contribution in [0.3, 0.4) is 0 Å². The van der Waals surface area contributed by atoms with Crippen LogP contribution in [0.1, 0.15) is 20.8 Å². The molecule has 1 aliphatic rings. The van der Waals surface area contributed by atoms with E-state index >= 15 is 0 Å². The summed E-state index contributed by atoms with van der Waals surface area (Å²) in [7, 11) is 0. The van der Waals surface area contributed by atoms with Crippen molar-refractivity contribution in [3.63, 3.8) is 0 Å². The van der Waals surface area contributed by atoms with Gasteiger partial charge in [0.25, 0.3) is 0 Å². The highest BCUT2D eigenvalue weighted by molar-refractivity contribution is 5.87. The number of alkyl halides is 10. The van der Waals surface area contributed by atoms with Crippen LogP contribution in [-0.4, -0.2) is 52.3 Å². The van der Waals surface area contributed by atoms with Crippen LogP contribution in [0.5, 0.6) is 0 Å². The van der Waals surface area contributed by atoms with Crippen molar-refractivity contribution in [2.24, 2.45) is 0 Å². The molecule has 1 fully saturated rings. The summed E-state index contributed by atoms with van der Waals surface area (Å²) in [5.41, 5.74) is -11.6. The molecule has 0 aromatic heterocycles. The zero-order valence-corrected chi connectivity index (χ0v) is 13.7. The third-order valence-corrected chi connectivity index (χ3v) is 4.08. The quantitative estimate of drug-likeness (QED) is 0.419. The van der Waals surface area contributed by atoms with Gasteiger partial charge in [-0.05, 0) is 20.8 Å². The van der Waals surface area contributed by atoms with Gasteiger partial charge in [-0.25, -0.2) is 4.79 Å². The molecule has 3 atom stereocenters. The summed E-state index contributed by atoms with van der Waals surface area (Å²) in [6, 6.07) is 0. The second kappa shape index (κ2) is 5.72. The molecule has 4 nitrogen and oxygen atoms in total. The Bertz CT molecular complexity index is 650. The van der Waals surface area contributed by atoms with E-state index < -0.39 is 66.6 Å². The summed E-state index contributed by atoms with van der Waals surface area (Å²) >= 11 is 0. The minimum Gasteiger partial charge on any atom is -0.414 e. The molecular formula is C13H12F10O4. The Kier molecular flexibility index (Phi) is 4.97. The Labute approximate surface area is 144 Å². The van der Waals surface area contributed by atoms with Crippen molar-refractivity contribution in [3.8, 4) is 0 Å². The fourth-order valence-electron chi connectivity index (χ4n) is 2.23. The summed E-state index contributed by atoms with van der Waals surface area (Å²) in [5, 5.41) is 9.49. The van der Waals surface area contributed by atoms with E-state index in [-0.39, 0.29) is 0 Å². The molecule has 1 rings (SSSR count). The van der Waals surface area contributed by atoms with Gasteiger partial charge in [-0.2, -0.15) is 43.9 Å². The molecule has 0 aromatic rings. The molecule has 0 amide bonds. The van der Waals surface area contributed by atoms with Gasteiger partial charge in [0.2, 0.25) is 5.60 Å². The molecule has 0 aliphatic carbocycles. The molecular weight excluding hydrogens is 410 g/mol. The predicted octanol–water partition coefficient (Wildman–Crippen LogP) is 3.74. The molecule has 158 valence electrons. The molecule has 14 heteroatoms. The van der Waals surface area contributed by atoms with Crippen LogP contribution in [-0.2, 0) is 14.3 Å². The van der Waals surface area contributed by atoms with Crippen molar-refractivity contribution < 1.29 is 63.3 Å². The highest BCUT2D eigenvalue weighted by Crippen LogP contribution is 2.65. The number of aliphatic hydroxyl groups is 1. The minimum absolute atomic E-state index is 0.642. The van der Waals surface area contributed by atoms with E-state index in [0.29, 0.717) is 6.92 Å². The molecule has 0 bridgehead atoms. The number of halogens is 10. The second-order valence-electron chi connectivity index (χ2n) is 6.14. The highest BCUT2D eigenvalue weighted by atomic mass is 19.4. The highest BCUT2D eigenvalue weighted by Gasteiger charge is 2.95. The van der Waals surface area contributed by atoms with Crippen LogP contribution in [0.2, 0.25) is 0 Å². The largest absolute Gasteiger partial charge is 0.462 e. The minimum atomic E-state index is -6.69.